The molecule has 1 saturated carbocycles. The Bertz CT molecular complexity index is 323. The fourth-order valence-electron chi connectivity index (χ4n) is 2.31. The van der Waals surface area contributed by atoms with E-state index in [0.717, 1.165) is 24.0 Å². The lowest BCUT2D eigenvalue weighted by atomic mass is 9.93. The number of alkyl halides is 1. The van der Waals surface area contributed by atoms with E-state index in [1.54, 1.807) is 0 Å². The van der Waals surface area contributed by atoms with Gasteiger partial charge in [0, 0.05) is 6.04 Å². The number of benzene rings is 1. The lowest BCUT2D eigenvalue weighted by Gasteiger charge is -2.20. The summed E-state index contributed by atoms with van der Waals surface area (Å²) >= 11 is 0. The van der Waals surface area contributed by atoms with E-state index in [0.29, 0.717) is 12.8 Å². The molecule has 0 radical (unpaired) electrons. The molecule has 15 heavy (non-hydrogen) atoms. The molecule has 1 nitrogen and oxygen atoms in total. The second kappa shape index (κ2) is 3.93. The molecule has 0 amide bonds. The van der Waals surface area contributed by atoms with Crippen LogP contribution in [0, 0.1) is 0 Å². The lowest BCUT2D eigenvalue weighted by Crippen LogP contribution is -2.15. The van der Waals surface area contributed by atoms with Crippen molar-refractivity contribution >= 4 is 0 Å². The van der Waals surface area contributed by atoms with Gasteiger partial charge in [0.15, 0.2) is 0 Å². The van der Waals surface area contributed by atoms with Gasteiger partial charge in [0.2, 0.25) is 0 Å². The van der Waals surface area contributed by atoms with Crippen LogP contribution in [-0.4, -0.2) is 0 Å². The summed E-state index contributed by atoms with van der Waals surface area (Å²) in [6.07, 6.45) is 3.35. The molecule has 2 heteroatoms. The Hall–Kier alpha value is -0.890. The highest BCUT2D eigenvalue weighted by Gasteiger charge is 2.35. The van der Waals surface area contributed by atoms with E-state index in [9.17, 15) is 4.39 Å². The summed E-state index contributed by atoms with van der Waals surface area (Å²) in [4.78, 5) is 0. The van der Waals surface area contributed by atoms with E-state index in [1.165, 1.54) is 0 Å². The van der Waals surface area contributed by atoms with Crippen LogP contribution in [0.5, 0.6) is 0 Å². The Balaban J connectivity index is 2.23. The van der Waals surface area contributed by atoms with Crippen LogP contribution < -0.4 is 5.73 Å². The quantitative estimate of drug-likeness (QED) is 0.789. The predicted octanol–water partition coefficient (Wildman–Crippen LogP) is 3.45. The van der Waals surface area contributed by atoms with Crippen molar-refractivity contribution < 1.29 is 4.39 Å². The van der Waals surface area contributed by atoms with Gasteiger partial charge in [-0.15, -0.1) is 0 Å². The topological polar surface area (TPSA) is 26.0 Å². The van der Waals surface area contributed by atoms with Crippen molar-refractivity contribution in [3.63, 3.8) is 0 Å². The Labute approximate surface area is 90.5 Å². The van der Waals surface area contributed by atoms with Crippen molar-refractivity contribution in [2.24, 2.45) is 5.73 Å². The van der Waals surface area contributed by atoms with Crippen LogP contribution in [0.3, 0.4) is 0 Å². The maximum atomic E-state index is 14.3. The number of halogens is 1. The highest BCUT2D eigenvalue weighted by Crippen LogP contribution is 2.42. The molecule has 1 aliphatic carbocycles. The van der Waals surface area contributed by atoms with Crippen LogP contribution in [0.1, 0.15) is 49.8 Å². The first kappa shape index (κ1) is 10.6. The molecule has 2 N–H and O–H groups in total. The van der Waals surface area contributed by atoms with Crippen molar-refractivity contribution in [1.29, 1.82) is 0 Å². The first-order chi connectivity index (χ1) is 7.12. The van der Waals surface area contributed by atoms with Gasteiger partial charge in [0.25, 0.3) is 0 Å². The Kier molecular flexibility index (Phi) is 2.79. The van der Waals surface area contributed by atoms with Gasteiger partial charge in [-0.25, -0.2) is 4.39 Å². The third-order valence-corrected chi connectivity index (χ3v) is 3.35. The van der Waals surface area contributed by atoms with Gasteiger partial charge >= 0.3 is 0 Å². The molecule has 1 fully saturated rings. The second-order valence-corrected chi connectivity index (χ2v) is 4.58. The molecular weight excluding hydrogens is 189 g/mol. The molecule has 1 aromatic rings. The molecule has 1 unspecified atom stereocenters. The standard InChI is InChI=1S/C13H18FN/c1-10(15)11-4-6-12(7-5-11)13(14)8-2-3-9-13/h4-7,10H,2-3,8-9,15H2,1H3. The van der Waals surface area contributed by atoms with Crippen LogP contribution >= 0.6 is 0 Å². The maximum absolute atomic E-state index is 14.3. The van der Waals surface area contributed by atoms with Gasteiger partial charge in [-0.3, -0.25) is 0 Å². The lowest BCUT2D eigenvalue weighted by molar-refractivity contribution is 0.175. The van der Waals surface area contributed by atoms with Gasteiger partial charge in [-0.1, -0.05) is 24.3 Å². The molecule has 2 rings (SSSR count). The minimum absolute atomic E-state index is 0.0261. The molecule has 0 heterocycles. The van der Waals surface area contributed by atoms with Gasteiger partial charge in [0.05, 0.1) is 0 Å². The number of hydrogen-bond acceptors (Lipinski definition) is 1. The number of nitrogens with two attached hydrogens (primary N) is 1. The van der Waals surface area contributed by atoms with Crippen molar-refractivity contribution in [2.45, 2.75) is 44.3 Å². The van der Waals surface area contributed by atoms with Gasteiger partial charge in [-0.05, 0) is 43.7 Å². The zero-order chi connectivity index (χ0) is 10.9. The molecule has 0 spiro atoms. The average Bonchev–Trinajstić information content (AvgIpc) is 2.67. The third kappa shape index (κ3) is 2.05. The van der Waals surface area contributed by atoms with E-state index in [1.807, 2.05) is 31.2 Å². The van der Waals surface area contributed by atoms with E-state index >= 15 is 0 Å². The normalized spacial score (nSPS) is 21.5. The SMILES string of the molecule is CC(N)c1ccc(C2(F)CCCC2)cc1. The van der Waals surface area contributed by atoms with E-state index in [4.69, 9.17) is 5.73 Å². The molecular formula is C13H18FN. The Morgan fingerprint density at radius 1 is 1.20 bits per heavy atom. The molecule has 0 aliphatic heterocycles. The summed E-state index contributed by atoms with van der Waals surface area (Å²) in [6.45, 7) is 1.94. The van der Waals surface area contributed by atoms with E-state index in [-0.39, 0.29) is 6.04 Å². The predicted molar refractivity (Wildman–Crippen MR) is 60.3 cm³/mol. The van der Waals surface area contributed by atoms with Gasteiger partial charge in [0.1, 0.15) is 5.67 Å². The molecule has 1 aromatic carbocycles. The Morgan fingerprint density at radius 3 is 2.20 bits per heavy atom. The largest absolute Gasteiger partial charge is 0.324 e. The summed E-state index contributed by atoms with van der Waals surface area (Å²) in [7, 11) is 0. The van der Waals surface area contributed by atoms with Gasteiger partial charge in [-0.2, -0.15) is 0 Å². The van der Waals surface area contributed by atoms with Crippen LogP contribution in [-0.2, 0) is 5.67 Å². The van der Waals surface area contributed by atoms with Crippen LogP contribution in [0.2, 0.25) is 0 Å². The molecule has 1 atom stereocenters. The van der Waals surface area contributed by atoms with E-state index < -0.39 is 5.67 Å². The summed E-state index contributed by atoms with van der Waals surface area (Å²) in [5, 5.41) is 0. The fraction of sp³-hybridized carbons (Fsp3) is 0.538. The van der Waals surface area contributed by atoms with E-state index in [2.05, 4.69) is 0 Å². The van der Waals surface area contributed by atoms with Crippen LogP contribution in [0.4, 0.5) is 4.39 Å². The van der Waals surface area contributed by atoms with Crippen molar-refractivity contribution in [1.82, 2.24) is 0 Å². The van der Waals surface area contributed by atoms with Crippen molar-refractivity contribution in [3.8, 4) is 0 Å². The summed E-state index contributed by atoms with van der Waals surface area (Å²) in [5.74, 6) is 0. The first-order valence-corrected chi connectivity index (χ1v) is 5.67. The molecule has 0 bridgehead atoms. The minimum atomic E-state index is -1.07. The number of hydrogen-bond donors (Lipinski definition) is 1. The second-order valence-electron chi connectivity index (χ2n) is 4.58. The van der Waals surface area contributed by atoms with Gasteiger partial charge < -0.3 is 5.73 Å². The summed E-state index contributed by atoms with van der Waals surface area (Å²) in [6, 6.07) is 7.70. The zero-order valence-corrected chi connectivity index (χ0v) is 9.17. The first-order valence-electron chi connectivity index (χ1n) is 5.67. The van der Waals surface area contributed by atoms with Crippen molar-refractivity contribution in [2.75, 3.05) is 0 Å². The summed E-state index contributed by atoms with van der Waals surface area (Å²) < 4.78 is 14.3. The fourth-order valence-corrected chi connectivity index (χ4v) is 2.31. The smallest absolute Gasteiger partial charge is 0.136 e. The zero-order valence-electron chi connectivity index (χ0n) is 9.17. The molecule has 82 valence electrons. The molecule has 0 saturated heterocycles. The number of rotatable bonds is 2. The molecule has 0 aromatic heterocycles. The third-order valence-electron chi connectivity index (χ3n) is 3.35. The van der Waals surface area contributed by atoms with Crippen LogP contribution in [0.15, 0.2) is 24.3 Å². The van der Waals surface area contributed by atoms with Crippen molar-refractivity contribution in [3.05, 3.63) is 35.4 Å². The average molecular weight is 207 g/mol. The van der Waals surface area contributed by atoms with Crippen LogP contribution in [0.25, 0.3) is 0 Å². The minimum Gasteiger partial charge on any atom is -0.324 e. The summed E-state index contributed by atoms with van der Waals surface area (Å²) in [5.41, 5.74) is 6.58. The monoisotopic (exact) mass is 207 g/mol. The maximum Gasteiger partial charge on any atom is 0.136 e. The highest BCUT2D eigenvalue weighted by atomic mass is 19.1. The molecule has 1 aliphatic rings. The highest BCUT2D eigenvalue weighted by molar-refractivity contribution is 5.29. The Morgan fingerprint density at radius 2 is 1.73 bits per heavy atom.